The summed E-state index contributed by atoms with van der Waals surface area (Å²) in [5.74, 6) is 0.706. The molecule has 2 rings (SSSR count). The standard InChI is InChI=1S/C15H12BrNO/c1-11-4-2-3-5-12(11)10-18-14-6-7-15(16)13(8-14)9-17/h2-8H,10H2,1H3. The highest BCUT2D eigenvalue weighted by atomic mass is 79.9. The van der Waals surface area contributed by atoms with E-state index in [-0.39, 0.29) is 0 Å². The molecular weight excluding hydrogens is 290 g/mol. The molecule has 0 atom stereocenters. The Kier molecular flexibility index (Phi) is 4.01. The molecule has 0 saturated carbocycles. The number of nitrogens with zero attached hydrogens (tertiary/aromatic N) is 1. The number of hydrogen-bond acceptors (Lipinski definition) is 2. The van der Waals surface area contributed by atoms with Gasteiger partial charge < -0.3 is 4.74 Å². The van der Waals surface area contributed by atoms with Gasteiger partial charge in [0, 0.05) is 4.47 Å². The summed E-state index contributed by atoms with van der Waals surface area (Å²) in [6.07, 6.45) is 0. The van der Waals surface area contributed by atoms with Gasteiger partial charge in [-0.15, -0.1) is 0 Å². The van der Waals surface area contributed by atoms with Gasteiger partial charge in [0.1, 0.15) is 18.4 Å². The minimum atomic E-state index is 0.513. The Morgan fingerprint density at radius 3 is 2.72 bits per heavy atom. The van der Waals surface area contributed by atoms with Crippen molar-refractivity contribution in [2.45, 2.75) is 13.5 Å². The van der Waals surface area contributed by atoms with Crippen LogP contribution < -0.4 is 4.74 Å². The topological polar surface area (TPSA) is 33.0 Å². The fourth-order valence-electron chi connectivity index (χ4n) is 1.61. The monoisotopic (exact) mass is 301 g/mol. The molecule has 0 unspecified atom stereocenters. The van der Waals surface area contributed by atoms with Crippen LogP contribution >= 0.6 is 15.9 Å². The van der Waals surface area contributed by atoms with Crippen molar-refractivity contribution in [3.63, 3.8) is 0 Å². The number of hydrogen-bond donors (Lipinski definition) is 0. The van der Waals surface area contributed by atoms with Crippen LogP contribution in [0, 0.1) is 18.3 Å². The molecular formula is C15H12BrNO. The first-order valence-electron chi connectivity index (χ1n) is 5.57. The summed E-state index contributed by atoms with van der Waals surface area (Å²) in [6, 6.07) is 15.6. The van der Waals surface area contributed by atoms with Crippen molar-refractivity contribution in [1.82, 2.24) is 0 Å². The van der Waals surface area contributed by atoms with E-state index in [1.54, 1.807) is 6.07 Å². The molecule has 2 aromatic carbocycles. The average molecular weight is 302 g/mol. The zero-order chi connectivity index (χ0) is 13.0. The van der Waals surface area contributed by atoms with E-state index in [1.165, 1.54) is 5.56 Å². The molecule has 0 heterocycles. The highest BCUT2D eigenvalue weighted by molar-refractivity contribution is 9.10. The lowest BCUT2D eigenvalue weighted by Crippen LogP contribution is -1.97. The fourth-order valence-corrected chi connectivity index (χ4v) is 1.95. The first-order chi connectivity index (χ1) is 8.70. The second-order valence-corrected chi connectivity index (χ2v) is 4.82. The van der Waals surface area contributed by atoms with E-state index < -0.39 is 0 Å². The quantitative estimate of drug-likeness (QED) is 0.851. The van der Waals surface area contributed by atoms with Gasteiger partial charge in [0.2, 0.25) is 0 Å². The third-order valence-electron chi connectivity index (χ3n) is 2.71. The molecule has 0 aromatic heterocycles. The highest BCUT2D eigenvalue weighted by Gasteiger charge is 2.03. The van der Waals surface area contributed by atoms with Crippen LogP contribution in [0.1, 0.15) is 16.7 Å². The molecule has 0 aliphatic carbocycles. The van der Waals surface area contributed by atoms with Gasteiger partial charge in [0.15, 0.2) is 0 Å². The van der Waals surface area contributed by atoms with Gasteiger partial charge in [-0.1, -0.05) is 24.3 Å². The summed E-state index contributed by atoms with van der Waals surface area (Å²) in [5, 5.41) is 8.94. The zero-order valence-electron chi connectivity index (χ0n) is 9.98. The SMILES string of the molecule is Cc1ccccc1COc1ccc(Br)c(C#N)c1. The van der Waals surface area contributed by atoms with Crippen LogP contribution in [0.25, 0.3) is 0 Å². The van der Waals surface area contributed by atoms with E-state index in [2.05, 4.69) is 35.0 Å². The first-order valence-corrected chi connectivity index (χ1v) is 6.37. The van der Waals surface area contributed by atoms with E-state index in [0.29, 0.717) is 17.9 Å². The molecule has 2 aromatic rings. The van der Waals surface area contributed by atoms with Crippen molar-refractivity contribution < 1.29 is 4.74 Å². The molecule has 0 N–H and O–H groups in total. The molecule has 0 fully saturated rings. The van der Waals surface area contributed by atoms with E-state index in [9.17, 15) is 0 Å². The lowest BCUT2D eigenvalue weighted by atomic mass is 10.1. The minimum absolute atomic E-state index is 0.513. The van der Waals surface area contributed by atoms with Gasteiger partial charge in [-0.25, -0.2) is 0 Å². The second-order valence-electron chi connectivity index (χ2n) is 3.97. The van der Waals surface area contributed by atoms with Crippen molar-refractivity contribution in [2.24, 2.45) is 0 Å². The molecule has 0 amide bonds. The molecule has 0 spiro atoms. The predicted octanol–water partition coefficient (Wildman–Crippen LogP) is 4.21. The summed E-state index contributed by atoms with van der Waals surface area (Å²) in [6.45, 7) is 2.57. The summed E-state index contributed by atoms with van der Waals surface area (Å²) >= 11 is 3.32. The normalized spacial score (nSPS) is 9.83. The van der Waals surface area contributed by atoms with E-state index in [0.717, 1.165) is 10.0 Å². The molecule has 18 heavy (non-hydrogen) atoms. The Labute approximate surface area is 115 Å². The highest BCUT2D eigenvalue weighted by Crippen LogP contribution is 2.22. The lowest BCUT2D eigenvalue weighted by molar-refractivity contribution is 0.305. The number of rotatable bonds is 3. The maximum atomic E-state index is 8.94. The van der Waals surface area contributed by atoms with Gasteiger partial charge in [-0.05, 0) is 52.2 Å². The summed E-state index contributed by atoms with van der Waals surface area (Å²) in [5.41, 5.74) is 2.94. The van der Waals surface area contributed by atoms with E-state index in [4.69, 9.17) is 10.00 Å². The third-order valence-corrected chi connectivity index (χ3v) is 3.41. The summed E-state index contributed by atoms with van der Waals surface area (Å²) in [4.78, 5) is 0. The first kappa shape index (κ1) is 12.7. The molecule has 2 nitrogen and oxygen atoms in total. The Morgan fingerprint density at radius 1 is 1.22 bits per heavy atom. The Bertz CT molecular complexity index is 602. The molecule has 3 heteroatoms. The number of ether oxygens (including phenoxy) is 1. The predicted molar refractivity (Wildman–Crippen MR) is 74.4 cm³/mol. The number of halogens is 1. The van der Waals surface area contributed by atoms with Crippen LogP contribution in [0.15, 0.2) is 46.9 Å². The Hall–Kier alpha value is -1.79. The van der Waals surface area contributed by atoms with Crippen molar-refractivity contribution >= 4 is 15.9 Å². The number of aryl methyl sites for hydroxylation is 1. The van der Waals surface area contributed by atoms with Crippen molar-refractivity contribution in [1.29, 1.82) is 5.26 Å². The molecule has 90 valence electrons. The number of benzene rings is 2. The van der Waals surface area contributed by atoms with E-state index >= 15 is 0 Å². The van der Waals surface area contributed by atoms with Crippen molar-refractivity contribution in [3.8, 4) is 11.8 Å². The van der Waals surface area contributed by atoms with Crippen molar-refractivity contribution in [3.05, 3.63) is 63.6 Å². The van der Waals surface area contributed by atoms with Crippen LogP contribution in [-0.4, -0.2) is 0 Å². The van der Waals surface area contributed by atoms with Gasteiger partial charge in [-0.2, -0.15) is 5.26 Å². The minimum Gasteiger partial charge on any atom is -0.489 e. The molecule has 0 radical (unpaired) electrons. The van der Waals surface area contributed by atoms with Gasteiger partial charge in [0.25, 0.3) is 0 Å². The van der Waals surface area contributed by atoms with Crippen LogP contribution in [-0.2, 0) is 6.61 Å². The third kappa shape index (κ3) is 2.91. The molecule has 0 aliphatic heterocycles. The number of nitriles is 1. The Balaban J connectivity index is 2.12. The molecule has 0 aliphatic rings. The average Bonchev–Trinajstić information content (AvgIpc) is 2.39. The van der Waals surface area contributed by atoms with Crippen LogP contribution in [0.4, 0.5) is 0 Å². The van der Waals surface area contributed by atoms with Gasteiger partial charge in [0.05, 0.1) is 5.56 Å². The van der Waals surface area contributed by atoms with Crippen LogP contribution in [0.5, 0.6) is 5.75 Å². The van der Waals surface area contributed by atoms with Crippen LogP contribution in [0.2, 0.25) is 0 Å². The summed E-state index contributed by atoms with van der Waals surface area (Å²) in [7, 11) is 0. The molecule has 0 bridgehead atoms. The molecule has 0 saturated heterocycles. The van der Waals surface area contributed by atoms with Gasteiger partial charge >= 0.3 is 0 Å². The Morgan fingerprint density at radius 2 is 2.00 bits per heavy atom. The van der Waals surface area contributed by atoms with E-state index in [1.807, 2.05) is 30.3 Å². The fraction of sp³-hybridized carbons (Fsp3) is 0.133. The maximum Gasteiger partial charge on any atom is 0.121 e. The lowest BCUT2D eigenvalue weighted by Gasteiger charge is -2.09. The largest absolute Gasteiger partial charge is 0.489 e. The van der Waals surface area contributed by atoms with Crippen molar-refractivity contribution in [2.75, 3.05) is 0 Å². The zero-order valence-corrected chi connectivity index (χ0v) is 11.6. The van der Waals surface area contributed by atoms with Crippen LogP contribution in [0.3, 0.4) is 0 Å². The second kappa shape index (κ2) is 5.70. The van der Waals surface area contributed by atoms with Gasteiger partial charge in [-0.3, -0.25) is 0 Å². The smallest absolute Gasteiger partial charge is 0.121 e. The maximum absolute atomic E-state index is 8.94. The summed E-state index contributed by atoms with van der Waals surface area (Å²) < 4.78 is 6.48.